The monoisotopic (exact) mass is 408 g/mol. The standard InChI is InChI=1S/C19H24N2O6S/c1-4-27-16(23)6-5-9-28-19-20-15-10-13(18(25)26-3)7-8-14(15)17(24)21(19)11-12(2)22/h7-8,10,12,22H,4-6,9,11H2,1-3H3/t12-/m0/s1. The minimum atomic E-state index is -0.731. The molecule has 0 aliphatic heterocycles. The van der Waals surface area contributed by atoms with E-state index in [4.69, 9.17) is 9.47 Å². The molecular formula is C19H24N2O6S. The summed E-state index contributed by atoms with van der Waals surface area (Å²) in [5.74, 6) is -0.230. The molecule has 0 bridgehead atoms. The lowest BCUT2D eigenvalue weighted by Crippen LogP contribution is -2.28. The normalized spacial score (nSPS) is 12.0. The van der Waals surface area contributed by atoms with Gasteiger partial charge in [0.05, 0.1) is 42.8 Å². The summed E-state index contributed by atoms with van der Waals surface area (Å²) in [5.41, 5.74) is 0.381. The predicted octanol–water partition coefficient (Wildman–Crippen LogP) is 2.00. The molecule has 0 aliphatic carbocycles. The van der Waals surface area contributed by atoms with Crippen LogP contribution in [0.3, 0.4) is 0 Å². The third-order valence-corrected chi connectivity index (χ3v) is 4.91. The molecule has 1 aromatic carbocycles. The number of hydrogen-bond donors (Lipinski definition) is 1. The van der Waals surface area contributed by atoms with Crippen LogP contribution in [0.15, 0.2) is 28.2 Å². The van der Waals surface area contributed by atoms with Crippen molar-refractivity contribution in [2.75, 3.05) is 19.5 Å². The van der Waals surface area contributed by atoms with Gasteiger partial charge in [-0.1, -0.05) is 11.8 Å². The second-order valence-electron chi connectivity index (χ2n) is 6.14. The Balaban J connectivity index is 2.33. The van der Waals surface area contributed by atoms with E-state index >= 15 is 0 Å². The number of methoxy groups -OCH3 is 1. The molecule has 1 N–H and O–H groups in total. The molecule has 2 aromatic rings. The van der Waals surface area contributed by atoms with Crippen LogP contribution in [0.5, 0.6) is 0 Å². The van der Waals surface area contributed by atoms with Crippen molar-refractivity contribution in [3.8, 4) is 0 Å². The molecule has 0 unspecified atom stereocenters. The van der Waals surface area contributed by atoms with Crippen molar-refractivity contribution >= 4 is 34.6 Å². The quantitative estimate of drug-likeness (QED) is 0.291. The zero-order valence-corrected chi connectivity index (χ0v) is 17.0. The van der Waals surface area contributed by atoms with E-state index in [-0.39, 0.29) is 24.5 Å². The number of nitrogens with zero attached hydrogens (tertiary/aromatic N) is 2. The van der Waals surface area contributed by atoms with Gasteiger partial charge in [-0.05, 0) is 38.5 Å². The van der Waals surface area contributed by atoms with Gasteiger partial charge in [-0.3, -0.25) is 14.2 Å². The predicted molar refractivity (Wildman–Crippen MR) is 106 cm³/mol. The Labute approximate surface area is 166 Å². The van der Waals surface area contributed by atoms with Gasteiger partial charge < -0.3 is 14.6 Å². The zero-order chi connectivity index (χ0) is 20.7. The van der Waals surface area contributed by atoms with Gasteiger partial charge in [0.1, 0.15) is 0 Å². The molecular weight excluding hydrogens is 384 g/mol. The first-order valence-electron chi connectivity index (χ1n) is 8.96. The molecule has 8 nitrogen and oxygen atoms in total. The molecule has 1 atom stereocenters. The lowest BCUT2D eigenvalue weighted by atomic mass is 10.1. The van der Waals surface area contributed by atoms with Crippen molar-refractivity contribution < 1.29 is 24.2 Å². The smallest absolute Gasteiger partial charge is 0.337 e. The minimum Gasteiger partial charge on any atom is -0.466 e. The lowest BCUT2D eigenvalue weighted by molar-refractivity contribution is -0.143. The molecule has 0 aliphatic rings. The van der Waals surface area contributed by atoms with Gasteiger partial charge in [0.2, 0.25) is 0 Å². The van der Waals surface area contributed by atoms with Gasteiger partial charge in [0.15, 0.2) is 5.16 Å². The van der Waals surface area contributed by atoms with Crippen molar-refractivity contribution in [1.82, 2.24) is 9.55 Å². The van der Waals surface area contributed by atoms with Gasteiger partial charge in [0.25, 0.3) is 5.56 Å². The van der Waals surface area contributed by atoms with Crippen molar-refractivity contribution in [3.63, 3.8) is 0 Å². The Morgan fingerprint density at radius 3 is 2.75 bits per heavy atom. The van der Waals surface area contributed by atoms with E-state index in [0.29, 0.717) is 40.4 Å². The molecule has 0 spiro atoms. The van der Waals surface area contributed by atoms with Gasteiger partial charge in [-0.2, -0.15) is 0 Å². The van der Waals surface area contributed by atoms with Crippen LogP contribution in [0, 0.1) is 0 Å². The first kappa shape index (κ1) is 21.9. The van der Waals surface area contributed by atoms with E-state index in [1.54, 1.807) is 13.8 Å². The molecule has 152 valence electrons. The van der Waals surface area contributed by atoms with Crippen molar-refractivity contribution in [2.45, 2.75) is 44.5 Å². The fourth-order valence-electron chi connectivity index (χ4n) is 2.59. The van der Waals surface area contributed by atoms with Crippen LogP contribution in [0.4, 0.5) is 0 Å². The molecule has 0 radical (unpaired) electrons. The number of carbonyl (C=O) groups excluding carboxylic acids is 2. The van der Waals surface area contributed by atoms with Crippen molar-refractivity contribution in [1.29, 1.82) is 0 Å². The highest BCUT2D eigenvalue weighted by Crippen LogP contribution is 2.21. The van der Waals surface area contributed by atoms with Gasteiger partial charge in [-0.25, -0.2) is 9.78 Å². The van der Waals surface area contributed by atoms with Gasteiger partial charge in [-0.15, -0.1) is 0 Å². The number of benzene rings is 1. The number of aliphatic hydroxyl groups excluding tert-OH is 1. The number of rotatable bonds is 9. The van der Waals surface area contributed by atoms with Crippen LogP contribution in [0.2, 0.25) is 0 Å². The fourth-order valence-corrected chi connectivity index (χ4v) is 3.54. The number of thioether (sulfide) groups is 1. The molecule has 0 saturated heterocycles. The summed E-state index contributed by atoms with van der Waals surface area (Å²) in [6, 6.07) is 4.55. The highest BCUT2D eigenvalue weighted by atomic mass is 32.2. The van der Waals surface area contributed by atoms with Gasteiger partial charge >= 0.3 is 11.9 Å². The van der Waals surface area contributed by atoms with Crippen LogP contribution >= 0.6 is 11.8 Å². The fraction of sp³-hybridized carbons (Fsp3) is 0.474. The van der Waals surface area contributed by atoms with E-state index < -0.39 is 12.1 Å². The van der Waals surface area contributed by atoms with Crippen LogP contribution in [0.1, 0.15) is 37.0 Å². The first-order chi connectivity index (χ1) is 13.4. The average molecular weight is 408 g/mol. The summed E-state index contributed by atoms with van der Waals surface area (Å²) in [5, 5.41) is 10.5. The van der Waals surface area contributed by atoms with Crippen LogP contribution in [0.25, 0.3) is 10.9 Å². The third-order valence-electron chi connectivity index (χ3n) is 3.85. The maximum Gasteiger partial charge on any atom is 0.337 e. The Bertz CT molecular complexity index is 909. The summed E-state index contributed by atoms with van der Waals surface area (Å²) in [4.78, 5) is 40.6. The maximum atomic E-state index is 12.9. The Hall–Kier alpha value is -2.39. The largest absolute Gasteiger partial charge is 0.466 e. The topological polar surface area (TPSA) is 108 Å². The molecule has 9 heteroatoms. The molecule has 0 fully saturated rings. The number of carbonyl (C=O) groups is 2. The van der Waals surface area contributed by atoms with E-state index in [0.717, 1.165) is 0 Å². The number of hydrogen-bond acceptors (Lipinski definition) is 8. The molecule has 1 aromatic heterocycles. The molecule has 28 heavy (non-hydrogen) atoms. The maximum absolute atomic E-state index is 12.9. The first-order valence-corrected chi connectivity index (χ1v) is 9.95. The second-order valence-corrected chi connectivity index (χ2v) is 7.20. The highest BCUT2D eigenvalue weighted by Gasteiger charge is 2.15. The van der Waals surface area contributed by atoms with E-state index in [9.17, 15) is 19.5 Å². The number of esters is 2. The molecule has 1 heterocycles. The van der Waals surface area contributed by atoms with E-state index in [1.807, 2.05) is 0 Å². The summed E-state index contributed by atoms with van der Waals surface area (Å²) in [6.45, 7) is 3.78. The van der Waals surface area contributed by atoms with Gasteiger partial charge in [0, 0.05) is 12.2 Å². The average Bonchev–Trinajstić information content (AvgIpc) is 2.66. The van der Waals surface area contributed by atoms with Crippen LogP contribution in [-0.4, -0.2) is 52.2 Å². The minimum absolute atomic E-state index is 0.0980. The number of aliphatic hydroxyl groups is 1. The van der Waals surface area contributed by atoms with Crippen molar-refractivity contribution in [3.05, 3.63) is 34.1 Å². The second kappa shape index (κ2) is 10.2. The SMILES string of the molecule is CCOC(=O)CCCSc1nc2cc(C(=O)OC)ccc2c(=O)n1C[C@H](C)O. The van der Waals surface area contributed by atoms with E-state index in [1.165, 1.54) is 41.6 Å². The number of ether oxygens (including phenoxy) is 2. The zero-order valence-electron chi connectivity index (χ0n) is 16.1. The summed E-state index contributed by atoms with van der Waals surface area (Å²) < 4.78 is 11.0. The van der Waals surface area contributed by atoms with Crippen LogP contribution < -0.4 is 5.56 Å². The highest BCUT2D eigenvalue weighted by molar-refractivity contribution is 7.99. The van der Waals surface area contributed by atoms with Crippen LogP contribution in [-0.2, 0) is 20.8 Å². The number of aromatic nitrogens is 2. The molecule has 2 rings (SSSR count). The molecule has 0 amide bonds. The Morgan fingerprint density at radius 2 is 2.11 bits per heavy atom. The summed E-state index contributed by atoms with van der Waals surface area (Å²) >= 11 is 1.31. The van der Waals surface area contributed by atoms with E-state index in [2.05, 4.69) is 4.98 Å². The third kappa shape index (κ3) is 5.56. The Kier molecular flexibility index (Phi) is 8.01. The van der Waals surface area contributed by atoms with Crippen molar-refractivity contribution in [2.24, 2.45) is 0 Å². The lowest BCUT2D eigenvalue weighted by Gasteiger charge is -2.14. The summed E-state index contributed by atoms with van der Waals surface area (Å²) in [6.07, 6.45) is 0.112. The number of fused-ring (bicyclic) bond motifs is 1. The summed E-state index contributed by atoms with van der Waals surface area (Å²) in [7, 11) is 1.28. The molecule has 0 saturated carbocycles. The Morgan fingerprint density at radius 1 is 1.36 bits per heavy atom.